The van der Waals surface area contributed by atoms with Gasteiger partial charge in [-0.3, -0.25) is 4.79 Å². The van der Waals surface area contributed by atoms with Crippen LogP contribution in [0.5, 0.6) is 5.75 Å². The minimum atomic E-state index is -0.620. The van der Waals surface area contributed by atoms with Crippen LogP contribution in [0.15, 0.2) is 18.2 Å². The van der Waals surface area contributed by atoms with E-state index in [0.29, 0.717) is 5.75 Å². The first-order valence-corrected chi connectivity index (χ1v) is 9.02. The molecule has 27 heavy (non-hydrogen) atoms. The molecule has 1 aromatic carbocycles. The highest BCUT2D eigenvalue weighted by Gasteiger charge is 2.23. The number of hydrogen-bond acceptors (Lipinski definition) is 5. The van der Waals surface area contributed by atoms with Crippen LogP contribution in [0.25, 0.3) is 0 Å². The standard InChI is InChI=1S/C21H30N2O4/c1-20(2,3)15-8-9-17(16(12-15)21(4,5)6)26-14-19(25)27-13-18(24)23-11-7-10-22/h8-9,12H,7,11,13-14H2,1-6H3,(H,23,24). The second-order valence-electron chi connectivity index (χ2n) is 8.42. The van der Waals surface area contributed by atoms with Gasteiger partial charge in [-0.1, -0.05) is 53.7 Å². The molecule has 0 spiro atoms. The van der Waals surface area contributed by atoms with Crippen LogP contribution < -0.4 is 10.1 Å². The molecule has 0 heterocycles. The number of carbonyl (C=O) groups is 2. The van der Waals surface area contributed by atoms with Gasteiger partial charge in [0.1, 0.15) is 5.75 Å². The molecule has 0 bridgehead atoms. The normalized spacial score (nSPS) is 11.4. The zero-order valence-electron chi connectivity index (χ0n) is 17.1. The lowest BCUT2D eigenvalue weighted by molar-refractivity contribution is -0.150. The SMILES string of the molecule is CC(C)(C)c1ccc(OCC(=O)OCC(=O)NCCC#N)c(C(C)(C)C)c1. The van der Waals surface area contributed by atoms with Crippen LogP contribution in [0.2, 0.25) is 0 Å². The third-order valence-corrected chi connectivity index (χ3v) is 3.92. The van der Waals surface area contributed by atoms with Crippen molar-refractivity contribution in [1.82, 2.24) is 5.32 Å². The van der Waals surface area contributed by atoms with Gasteiger partial charge >= 0.3 is 5.97 Å². The fourth-order valence-corrected chi connectivity index (χ4v) is 2.34. The van der Waals surface area contributed by atoms with Gasteiger partial charge in [-0.2, -0.15) is 5.26 Å². The number of amides is 1. The average Bonchev–Trinajstić information content (AvgIpc) is 2.56. The van der Waals surface area contributed by atoms with E-state index in [4.69, 9.17) is 14.7 Å². The number of nitrogens with zero attached hydrogens (tertiary/aromatic N) is 1. The first-order chi connectivity index (χ1) is 12.4. The number of rotatable bonds is 7. The molecule has 1 amide bonds. The first-order valence-electron chi connectivity index (χ1n) is 9.02. The Morgan fingerprint density at radius 1 is 1.07 bits per heavy atom. The molecule has 0 unspecified atom stereocenters. The summed E-state index contributed by atoms with van der Waals surface area (Å²) in [4.78, 5) is 23.3. The highest BCUT2D eigenvalue weighted by molar-refractivity contribution is 5.80. The minimum absolute atomic E-state index is 0.0103. The summed E-state index contributed by atoms with van der Waals surface area (Å²) in [5.41, 5.74) is 2.06. The predicted octanol–water partition coefficient (Wildman–Crippen LogP) is 3.23. The summed E-state index contributed by atoms with van der Waals surface area (Å²) in [5.74, 6) is -0.431. The van der Waals surface area contributed by atoms with Gasteiger partial charge in [0.15, 0.2) is 13.2 Å². The van der Waals surface area contributed by atoms with Crippen molar-refractivity contribution >= 4 is 11.9 Å². The monoisotopic (exact) mass is 374 g/mol. The van der Waals surface area contributed by atoms with E-state index in [0.717, 1.165) is 5.56 Å². The van der Waals surface area contributed by atoms with Crippen LogP contribution in [0.1, 0.15) is 59.1 Å². The molecule has 0 aliphatic carbocycles. The Balaban J connectivity index is 2.69. The predicted molar refractivity (Wildman–Crippen MR) is 104 cm³/mol. The van der Waals surface area contributed by atoms with Gasteiger partial charge in [0, 0.05) is 6.54 Å². The van der Waals surface area contributed by atoms with Crippen molar-refractivity contribution in [1.29, 1.82) is 5.26 Å². The van der Waals surface area contributed by atoms with Crippen LogP contribution in [0.4, 0.5) is 0 Å². The van der Waals surface area contributed by atoms with Gasteiger partial charge in [0.05, 0.1) is 12.5 Å². The zero-order valence-corrected chi connectivity index (χ0v) is 17.1. The average molecular weight is 374 g/mol. The van der Waals surface area contributed by atoms with Gasteiger partial charge < -0.3 is 14.8 Å². The molecular weight excluding hydrogens is 344 g/mol. The lowest BCUT2D eigenvalue weighted by Crippen LogP contribution is -2.30. The van der Waals surface area contributed by atoms with E-state index in [9.17, 15) is 9.59 Å². The Morgan fingerprint density at radius 3 is 2.30 bits per heavy atom. The molecule has 0 aliphatic rings. The molecule has 1 aromatic rings. The molecule has 0 saturated heterocycles. The molecule has 148 valence electrons. The summed E-state index contributed by atoms with van der Waals surface area (Å²) in [5, 5.41) is 10.9. The molecular formula is C21H30N2O4. The maximum Gasteiger partial charge on any atom is 0.344 e. The van der Waals surface area contributed by atoms with Gasteiger partial charge in [0.25, 0.3) is 5.91 Å². The number of esters is 1. The largest absolute Gasteiger partial charge is 0.482 e. The minimum Gasteiger partial charge on any atom is -0.482 e. The van der Waals surface area contributed by atoms with Crippen molar-refractivity contribution in [2.75, 3.05) is 19.8 Å². The van der Waals surface area contributed by atoms with Gasteiger partial charge in [0.2, 0.25) is 0 Å². The van der Waals surface area contributed by atoms with Crippen LogP contribution in [0.3, 0.4) is 0 Å². The Bertz CT molecular complexity index is 706. The summed E-state index contributed by atoms with van der Waals surface area (Å²) in [6, 6.07) is 7.91. The number of nitrogens with one attached hydrogen (secondary N) is 1. The highest BCUT2D eigenvalue weighted by Crippen LogP contribution is 2.35. The van der Waals surface area contributed by atoms with E-state index in [1.165, 1.54) is 5.56 Å². The third-order valence-electron chi connectivity index (χ3n) is 3.92. The Hall–Kier alpha value is -2.55. The molecule has 6 nitrogen and oxygen atoms in total. The molecule has 1 N–H and O–H groups in total. The molecule has 1 rings (SSSR count). The number of nitriles is 1. The molecule has 6 heteroatoms. The first kappa shape index (κ1) is 22.5. The quantitative estimate of drug-likeness (QED) is 0.585. The van der Waals surface area contributed by atoms with Gasteiger partial charge in [-0.05, 0) is 28.0 Å². The summed E-state index contributed by atoms with van der Waals surface area (Å²) < 4.78 is 10.6. The highest BCUT2D eigenvalue weighted by atomic mass is 16.6. The van der Waals surface area contributed by atoms with Gasteiger partial charge in [-0.15, -0.1) is 0 Å². The lowest BCUT2D eigenvalue weighted by Gasteiger charge is -2.27. The fourth-order valence-electron chi connectivity index (χ4n) is 2.34. The van der Waals surface area contributed by atoms with Crippen LogP contribution >= 0.6 is 0 Å². The Labute approximate surface area is 161 Å². The summed E-state index contributed by atoms with van der Waals surface area (Å²) in [7, 11) is 0. The van der Waals surface area contributed by atoms with Crippen LogP contribution in [0, 0.1) is 11.3 Å². The topological polar surface area (TPSA) is 88.4 Å². The Kier molecular flexibility index (Phi) is 7.83. The summed E-state index contributed by atoms with van der Waals surface area (Å²) in [6.07, 6.45) is 0.211. The van der Waals surface area contributed by atoms with Crippen molar-refractivity contribution < 1.29 is 19.1 Å². The molecule has 0 fully saturated rings. The van der Waals surface area contributed by atoms with E-state index >= 15 is 0 Å². The van der Waals surface area contributed by atoms with E-state index in [2.05, 4.69) is 52.9 Å². The second-order valence-corrected chi connectivity index (χ2v) is 8.42. The van der Waals surface area contributed by atoms with Crippen LogP contribution in [-0.2, 0) is 25.2 Å². The summed E-state index contributed by atoms with van der Waals surface area (Å²) >= 11 is 0. The molecule has 0 atom stereocenters. The molecule has 0 radical (unpaired) electrons. The van der Waals surface area contributed by atoms with E-state index in [1.54, 1.807) is 0 Å². The zero-order chi connectivity index (χ0) is 20.7. The van der Waals surface area contributed by atoms with Crippen LogP contribution in [-0.4, -0.2) is 31.6 Å². The Morgan fingerprint density at radius 2 is 1.74 bits per heavy atom. The lowest BCUT2D eigenvalue weighted by atomic mass is 9.80. The molecule has 0 aromatic heterocycles. The number of benzene rings is 1. The molecule has 0 aliphatic heterocycles. The maximum absolute atomic E-state index is 11.9. The maximum atomic E-state index is 11.9. The van der Waals surface area contributed by atoms with Crippen molar-refractivity contribution in [3.8, 4) is 11.8 Å². The van der Waals surface area contributed by atoms with Gasteiger partial charge in [-0.25, -0.2) is 4.79 Å². The van der Waals surface area contributed by atoms with Crippen molar-refractivity contribution in [3.05, 3.63) is 29.3 Å². The van der Waals surface area contributed by atoms with E-state index in [-0.39, 0.29) is 37.0 Å². The van der Waals surface area contributed by atoms with E-state index in [1.807, 2.05) is 18.2 Å². The van der Waals surface area contributed by atoms with Crippen molar-refractivity contribution in [3.63, 3.8) is 0 Å². The fraction of sp³-hybridized carbons (Fsp3) is 0.571. The smallest absolute Gasteiger partial charge is 0.344 e. The van der Waals surface area contributed by atoms with Crippen molar-refractivity contribution in [2.24, 2.45) is 0 Å². The number of carbonyl (C=O) groups excluding carboxylic acids is 2. The van der Waals surface area contributed by atoms with Crippen molar-refractivity contribution in [2.45, 2.75) is 58.8 Å². The third kappa shape index (κ3) is 7.69. The number of ether oxygens (including phenoxy) is 2. The second kappa shape index (κ2) is 9.40. The number of hydrogen-bond donors (Lipinski definition) is 1. The van der Waals surface area contributed by atoms with E-state index < -0.39 is 11.9 Å². The summed E-state index contributed by atoms with van der Waals surface area (Å²) in [6.45, 7) is 12.3. The molecule has 0 saturated carbocycles.